The standard InChI is InChI=1S/C13H16N2/c1-8(2)11-5-6-12-13(7-11)15-10(4)9(3)14-12/h5-8H,1-4H3. The highest BCUT2D eigenvalue weighted by Gasteiger charge is 2.04. The summed E-state index contributed by atoms with van der Waals surface area (Å²) in [5.74, 6) is 0.540. The number of aromatic nitrogens is 2. The summed E-state index contributed by atoms with van der Waals surface area (Å²) in [5.41, 5.74) is 5.34. The highest BCUT2D eigenvalue weighted by molar-refractivity contribution is 5.75. The van der Waals surface area contributed by atoms with E-state index in [4.69, 9.17) is 0 Å². The summed E-state index contributed by atoms with van der Waals surface area (Å²) in [4.78, 5) is 9.07. The topological polar surface area (TPSA) is 25.8 Å². The van der Waals surface area contributed by atoms with Gasteiger partial charge in [-0.3, -0.25) is 0 Å². The molecule has 0 aliphatic carbocycles. The molecule has 2 heteroatoms. The third kappa shape index (κ3) is 1.84. The molecule has 0 spiro atoms. The molecule has 0 aliphatic rings. The van der Waals surface area contributed by atoms with E-state index in [2.05, 4.69) is 42.0 Å². The molecule has 0 aliphatic heterocycles. The van der Waals surface area contributed by atoms with Crippen molar-refractivity contribution in [1.82, 2.24) is 9.97 Å². The predicted molar refractivity (Wildman–Crippen MR) is 63.1 cm³/mol. The van der Waals surface area contributed by atoms with E-state index in [0.717, 1.165) is 22.4 Å². The number of hydrogen-bond acceptors (Lipinski definition) is 2. The molecule has 0 atom stereocenters. The summed E-state index contributed by atoms with van der Waals surface area (Å²) < 4.78 is 0. The third-order valence-electron chi connectivity index (χ3n) is 2.77. The fraction of sp³-hybridized carbons (Fsp3) is 0.385. The average Bonchev–Trinajstić information content (AvgIpc) is 2.19. The highest BCUT2D eigenvalue weighted by atomic mass is 14.8. The first-order chi connectivity index (χ1) is 7.08. The zero-order valence-electron chi connectivity index (χ0n) is 9.70. The molecule has 1 heterocycles. The summed E-state index contributed by atoms with van der Waals surface area (Å²) in [7, 11) is 0. The minimum absolute atomic E-state index is 0.540. The predicted octanol–water partition coefficient (Wildman–Crippen LogP) is 3.37. The Kier molecular flexibility index (Phi) is 2.43. The fourth-order valence-electron chi connectivity index (χ4n) is 1.61. The van der Waals surface area contributed by atoms with Gasteiger partial charge in [0.25, 0.3) is 0 Å². The summed E-state index contributed by atoms with van der Waals surface area (Å²) in [6.07, 6.45) is 0. The van der Waals surface area contributed by atoms with Gasteiger partial charge in [-0.2, -0.15) is 0 Å². The first-order valence-electron chi connectivity index (χ1n) is 5.33. The van der Waals surface area contributed by atoms with E-state index in [1.165, 1.54) is 5.56 Å². The SMILES string of the molecule is Cc1nc2ccc(C(C)C)cc2nc1C. The van der Waals surface area contributed by atoms with Crippen LogP contribution in [-0.4, -0.2) is 9.97 Å². The van der Waals surface area contributed by atoms with Crippen LogP contribution in [0.3, 0.4) is 0 Å². The fourth-order valence-corrected chi connectivity index (χ4v) is 1.61. The van der Waals surface area contributed by atoms with Gasteiger partial charge in [0.1, 0.15) is 0 Å². The minimum atomic E-state index is 0.540. The van der Waals surface area contributed by atoms with Crippen molar-refractivity contribution in [3.63, 3.8) is 0 Å². The average molecular weight is 200 g/mol. The van der Waals surface area contributed by atoms with Crippen molar-refractivity contribution in [3.8, 4) is 0 Å². The lowest BCUT2D eigenvalue weighted by molar-refractivity contribution is 0.867. The van der Waals surface area contributed by atoms with Crippen LogP contribution in [0.25, 0.3) is 11.0 Å². The molecule has 15 heavy (non-hydrogen) atoms. The molecular formula is C13H16N2. The van der Waals surface area contributed by atoms with Gasteiger partial charge in [0.15, 0.2) is 0 Å². The lowest BCUT2D eigenvalue weighted by Crippen LogP contribution is -1.95. The molecule has 0 N–H and O–H groups in total. The van der Waals surface area contributed by atoms with Gasteiger partial charge >= 0.3 is 0 Å². The Hall–Kier alpha value is -1.44. The van der Waals surface area contributed by atoms with Crippen LogP contribution in [0.15, 0.2) is 18.2 Å². The van der Waals surface area contributed by atoms with Crippen LogP contribution in [0.4, 0.5) is 0 Å². The van der Waals surface area contributed by atoms with Gasteiger partial charge in [0.2, 0.25) is 0 Å². The molecule has 2 aromatic rings. The third-order valence-corrected chi connectivity index (χ3v) is 2.77. The largest absolute Gasteiger partial charge is 0.250 e. The van der Waals surface area contributed by atoms with Crippen LogP contribution in [0.1, 0.15) is 36.7 Å². The number of hydrogen-bond donors (Lipinski definition) is 0. The number of rotatable bonds is 1. The van der Waals surface area contributed by atoms with Crippen LogP contribution < -0.4 is 0 Å². The van der Waals surface area contributed by atoms with Crippen molar-refractivity contribution in [1.29, 1.82) is 0 Å². The number of fused-ring (bicyclic) bond motifs is 1. The second-order valence-corrected chi connectivity index (χ2v) is 4.30. The smallest absolute Gasteiger partial charge is 0.0893 e. The Morgan fingerprint density at radius 3 is 2.13 bits per heavy atom. The molecule has 1 aromatic carbocycles. The summed E-state index contributed by atoms with van der Waals surface area (Å²) >= 11 is 0. The maximum Gasteiger partial charge on any atom is 0.0893 e. The molecule has 0 fully saturated rings. The van der Waals surface area contributed by atoms with Gasteiger partial charge in [-0.15, -0.1) is 0 Å². The molecule has 0 radical (unpaired) electrons. The van der Waals surface area contributed by atoms with Gasteiger partial charge in [-0.1, -0.05) is 19.9 Å². The molecule has 0 unspecified atom stereocenters. The second-order valence-electron chi connectivity index (χ2n) is 4.30. The van der Waals surface area contributed by atoms with Crippen molar-refractivity contribution in [2.24, 2.45) is 0 Å². The van der Waals surface area contributed by atoms with Gasteiger partial charge in [0, 0.05) is 0 Å². The maximum atomic E-state index is 4.56. The Morgan fingerprint density at radius 2 is 1.53 bits per heavy atom. The van der Waals surface area contributed by atoms with Gasteiger partial charge in [0.05, 0.1) is 22.4 Å². The zero-order valence-corrected chi connectivity index (χ0v) is 9.70. The van der Waals surface area contributed by atoms with Crippen LogP contribution in [0.5, 0.6) is 0 Å². The molecule has 0 bridgehead atoms. The van der Waals surface area contributed by atoms with E-state index in [1.54, 1.807) is 0 Å². The normalized spacial score (nSPS) is 11.3. The molecule has 1 aromatic heterocycles. The van der Waals surface area contributed by atoms with Gasteiger partial charge in [-0.05, 0) is 37.5 Å². The van der Waals surface area contributed by atoms with Crippen molar-refractivity contribution in [2.45, 2.75) is 33.6 Å². The summed E-state index contributed by atoms with van der Waals surface area (Å²) in [6, 6.07) is 6.33. The molecule has 2 rings (SSSR count). The Balaban J connectivity index is 2.66. The van der Waals surface area contributed by atoms with Crippen molar-refractivity contribution < 1.29 is 0 Å². The first-order valence-corrected chi connectivity index (χ1v) is 5.33. The quantitative estimate of drug-likeness (QED) is 0.705. The van der Waals surface area contributed by atoms with E-state index in [0.29, 0.717) is 5.92 Å². The van der Waals surface area contributed by atoms with Crippen LogP contribution in [0, 0.1) is 13.8 Å². The summed E-state index contributed by atoms with van der Waals surface area (Å²) in [6.45, 7) is 8.38. The Bertz CT molecular complexity index is 501. The lowest BCUT2D eigenvalue weighted by Gasteiger charge is -2.07. The highest BCUT2D eigenvalue weighted by Crippen LogP contribution is 2.19. The van der Waals surface area contributed by atoms with Crippen LogP contribution >= 0.6 is 0 Å². The minimum Gasteiger partial charge on any atom is -0.250 e. The van der Waals surface area contributed by atoms with E-state index in [-0.39, 0.29) is 0 Å². The summed E-state index contributed by atoms with van der Waals surface area (Å²) in [5, 5.41) is 0. The zero-order chi connectivity index (χ0) is 11.0. The molecule has 0 amide bonds. The second kappa shape index (κ2) is 3.61. The van der Waals surface area contributed by atoms with Crippen molar-refractivity contribution >= 4 is 11.0 Å². The van der Waals surface area contributed by atoms with E-state index in [9.17, 15) is 0 Å². The van der Waals surface area contributed by atoms with E-state index < -0.39 is 0 Å². The van der Waals surface area contributed by atoms with E-state index in [1.807, 2.05) is 13.8 Å². The maximum absolute atomic E-state index is 4.56. The number of nitrogens with zero attached hydrogens (tertiary/aromatic N) is 2. The van der Waals surface area contributed by atoms with Gasteiger partial charge in [-0.25, -0.2) is 9.97 Å². The Morgan fingerprint density at radius 1 is 0.933 bits per heavy atom. The molecule has 2 nitrogen and oxygen atoms in total. The van der Waals surface area contributed by atoms with Crippen molar-refractivity contribution in [2.75, 3.05) is 0 Å². The van der Waals surface area contributed by atoms with Crippen LogP contribution in [-0.2, 0) is 0 Å². The molecule has 78 valence electrons. The van der Waals surface area contributed by atoms with Gasteiger partial charge < -0.3 is 0 Å². The van der Waals surface area contributed by atoms with Crippen LogP contribution in [0.2, 0.25) is 0 Å². The number of benzene rings is 1. The van der Waals surface area contributed by atoms with Crippen molar-refractivity contribution in [3.05, 3.63) is 35.2 Å². The lowest BCUT2D eigenvalue weighted by atomic mass is 10.0. The molecular weight excluding hydrogens is 184 g/mol. The van der Waals surface area contributed by atoms with E-state index >= 15 is 0 Å². The number of aryl methyl sites for hydroxylation is 2. The monoisotopic (exact) mass is 200 g/mol. The molecule has 0 saturated carbocycles. The molecule has 0 saturated heterocycles. The first kappa shape index (κ1) is 10.1. The Labute approximate surface area is 90.4 Å².